The van der Waals surface area contributed by atoms with Crippen LogP contribution >= 0.6 is 0 Å². The molecule has 0 radical (unpaired) electrons. The topological polar surface area (TPSA) is 29.5 Å². The van der Waals surface area contributed by atoms with E-state index in [2.05, 4.69) is 0 Å². The maximum Gasteiger partial charge on any atom is 0.252 e. The second-order valence-electron chi connectivity index (χ2n) is 2.73. The minimum Gasteiger partial charge on any atom is -0.458 e. The van der Waals surface area contributed by atoms with E-state index in [1.165, 1.54) is 0 Å². The molecule has 0 bridgehead atoms. The Morgan fingerprint density at radius 3 is 1.33 bits per heavy atom. The average molecular weight is 200 g/mol. The summed E-state index contributed by atoms with van der Waals surface area (Å²) in [7, 11) is 1.00. The van der Waals surface area contributed by atoms with Crippen LogP contribution in [0.25, 0.3) is 0 Å². The molecule has 2 aromatic carbocycles. The monoisotopic (exact) mass is 200 g/mol. The smallest absolute Gasteiger partial charge is 0.252 e. The van der Waals surface area contributed by atoms with Crippen molar-refractivity contribution in [3.63, 3.8) is 0 Å². The highest BCUT2D eigenvalue weighted by atomic mass is 16.5. The van der Waals surface area contributed by atoms with E-state index in [0.29, 0.717) is 0 Å². The molecule has 3 heteroatoms. The summed E-state index contributed by atoms with van der Waals surface area (Å²) in [6.45, 7) is 0. The first-order valence-corrected chi connectivity index (χ1v) is 4.68. The number of benzene rings is 2. The quantitative estimate of drug-likeness (QED) is 0.751. The van der Waals surface area contributed by atoms with Crippen LogP contribution in [0.2, 0.25) is 0 Å². The number of para-hydroxylation sites is 2. The molecule has 0 spiro atoms. The standard InChI is InChI=1S/C12H10O.BH3O/c1-3-7-11(8-4-1)13-12-9-5-2-6-10-12;1-2/h1-10H;2H,1H2. The fourth-order valence-electron chi connectivity index (χ4n) is 1.11. The van der Waals surface area contributed by atoms with Gasteiger partial charge >= 0.3 is 0 Å². The van der Waals surface area contributed by atoms with E-state index in [1.807, 2.05) is 60.7 Å². The summed E-state index contributed by atoms with van der Waals surface area (Å²) in [5.74, 6) is 1.74. The highest BCUT2D eigenvalue weighted by Crippen LogP contribution is 2.19. The Hall–Kier alpha value is -1.74. The molecule has 15 heavy (non-hydrogen) atoms. The number of ether oxygens (including phenoxy) is 1. The Morgan fingerprint density at radius 1 is 0.667 bits per heavy atom. The van der Waals surface area contributed by atoms with Gasteiger partial charge in [-0.25, -0.2) is 0 Å². The normalized spacial score (nSPS) is 8.60. The van der Waals surface area contributed by atoms with Crippen LogP contribution in [0.4, 0.5) is 0 Å². The Kier molecular flexibility index (Phi) is 5.05. The van der Waals surface area contributed by atoms with Gasteiger partial charge in [0.15, 0.2) is 0 Å². The Labute approximate surface area is 90.6 Å². The van der Waals surface area contributed by atoms with Crippen LogP contribution in [-0.4, -0.2) is 13.1 Å². The Morgan fingerprint density at radius 2 is 1.00 bits per heavy atom. The number of hydrogen-bond donors (Lipinski definition) is 1. The molecule has 0 saturated carbocycles. The summed E-state index contributed by atoms with van der Waals surface area (Å²) in [4.78, 5) is 0. The van der Waals surface area contributed by atoms with Gasteiger partial charge in [-0.3, -0.25) is 0 Å². The summed E-state index contributed by atoms with van der Waals surface area (Å²) in [6.07, 6.45) is 0. The van der Waals surface area contributed by atoms with Crippen molar-refractivity contribution in [2.24, 2.45) is 0 Å². The molecule has 2 rings (SSSR count). The summed E-state index contributed by atoms with van der Waals surface area (Å²) in [5.41, 5.74) is 0. The van der Waals surface area contributed by atoms with Crippen LogP contribution in [0.3, 0.4) is 0 Å². The summed E-state index contributed by atoms with van der Waals surface area (Å²) in [5, 5.41) is 7.00. The highest BCUT2D eigenvalue weighted by Gasteiger charge is 1.92. The van der Waals surface area contributed by atoms with E-state index in [-0.39, 0.29) is 0 Å². The zero-order chi connectivity index (χ0) is 10.9. The van der Waals surface area contributed by atoms with Crippen LogP contribution in [-0.2, 0) is 0 Å². The van der Waals surface area contributed by atoms with Crippen molar-refractivity contribution in [2.45, 2.75) is 0 Å². The molecular weight excluding hydrogens is 187 g/mol. The van der Waals surface area contributed by atoms with E-state index in [9.17, 15) is 0 Å². The third-order valence-electron chi connectivity index (χ3n) is 1.72. The van der Waals surface area contributed by atoms with Gasteiger partial charge in [-0.2, -0.15) is 0 Å². The van der Waals surface area contributed by atoms with Gasteiger partial charge in [0.25, 0.3) is 8.05 Å². The lowest BCUT2D eigenvalue weighted by atomic mass is 10.3. The fraction of sp³-hybridized carbons (Fsp3) is 0. The van der Waals surface area contributed by atoms with Gasteiger partial charge in [-0.15, -0.1) is 0 Å². The Bertz CT molecular complexity index is 324. The number of rotatable bonds is 2. The van der Waals surface area contributed by atoms with E-state index in [4.69, 9.17) is 9.76 Å². The first kappa shape index (κ1) is 11.3. The maximum absolute atomic E-state index is 7.00. The fourth-order valence-corrected chi connectivity index (χ4v) is 1.11. The molecule has 2 aromatic rings. The minimum atomic E-state index is 0.869. The second kappa shape index (κ2) is 6.68. The van der Waals surface area contributed by atoms with E-state index in [1.54, 1.807) is 0 Å². The van der Waals surface area contributed by atoms with Crippen molar-refractivity contribution < 1.29 is 9.76 Å². The van der Waals surface area contributed by atoms with Crippen molar-refractivity contribution in [1.82, 2.24) is 0 Å². The number of hydrogen-bond acceptors (Lipinski definition) is 2. The van der Waals surface area contributed by atoms with Crippen molar-refractivity contribution >= 4 is 8.05 Å². The van der Waals surface area contributed by atoms with Gasteiger partial charge in [0, 0.05) is 0 Å². The van der Waals surface area contributed by atoms with Gasteiger partial charge < -0.3 is 9.76 Å². The van der Waals surface area contributed by atoms with Crippen molar-refractivity contribution in [3.05, 3.63) is 60.7 Å². The maximum atomic E-state index is 7.00. The molecule has 0 heterocycles. The molecule has 0 aromatic heterocycles. The average Bonchev–Trinajstić information content (AvgIpc) is 2.34. The summed E-state index contributed by atoms with van der Waals surface area (Å²) in [6, 6.07) is 19.5. The lowest BCUT2D eigenvalue weighted by molar-refractivity contribution is 0.482. The largest absolute Gasteiger partial charge is 0.458 e. The molecule has 0 unspecified atom stereocenters. The SMILES string of the molecule is BO.c1ccc(Oc2ccccc2)cc1. The zero-order valence-electron chi connectivity index (χ0n) is 8.63. The molecule has 1 N–H and O–H groups in total. The van der Waals surface area contributed by atoms with E-state index in [0.717, 1.165) is 19.5 Å². The van der Waals surface area contributed by atoms with Gasteiger partial charge in [-0.05, 0) is 24.3 Å². The van der Waals surface area contributed by atoms with Crippen molar-refractivity contribution in [3.8, 4) is 11.5 Å². The molecule has 0 aliphatic carbocycles. The van der Waals surface area contributed by atoms with Gasteiger partial charge in [0.1, 0.15) is 11.5 Å². The van der Waals surface area contributed by atoms with Crippen LogP contribution in [0.5, 0.6) is 11.5 Å². The molecule has 0 saturated heterocycles. The first-order valence-electron chi connectivity index (χ1n) is 4.68. The van der Waals surface area contributed by atoms with Crippen LogP contribution in [0.1, 0.15) is 0 Å². The lowest BCUT2D eigenvalue weighted by Gasteiger charge is -2.03. The van der Waals surface area contributed by atoms with Crippen LogP contribution < -0.4 is 4.74 Å². The third kappa shape index (κ3) is 3.87. The second-order valence-corrected chi connectivity index (χ2v) is 2.73. The molecule has 0 atom stereocenters. The molecule has 0 aliphatic heterocycles. The predicted octanol–water partition coefficient (Wildman–Crippen LogP) is 2.01. The third-order valence-corrected chi connectivity index (χ3v) is 1.72. The first-order chi connectivity index (χ1) is 7.45. The molecule has 2 nitrogen and oxygen atoms in total. The predicted molar refractivity (Wildman–Crippen MR) is 63.7 cm³/mol. The summed E-state index contributed by atoms with van der Waals surface area (Å²) < 4.78 is 5.58. The van der Waals surface area contributed by atoms with Gasteiger partial charge in [0.05, 0.1) is 0 Å². The lowest BCUT2D eigenvalue weighted by Crippen LogP contribution is -1.81. The summed E-state index contributed by atoms with van der Waals surface area (Å²) >= 11 is 0. The minimum absolute atomic E-state index is 0.869. The Balaban J connectivity index is 0.000000531. The molecular formula is C12H13BO2. The van der Waals surface area contributed by atoms with Crippen LogP contribution in [0, 0.1) is 0 Å². The molecule has 76 valence electrons. The van der Waals surface area contributed by atoms with E-state index >= 15 is 0 Å². The van der Waals surface area contributed by atoms with Crippen LogP contribution in [0.15, 0.2) is 60.7 Å². The van der Waals surface area contributed by atoms with Crippen molar-refractivity contribution in [2.75, 3.05) is 0 Å². The molecule has 0 amide bonds. The zero-order valence-corrected chi connectivity index (χ0v) is 8.63. The van der Waals surface area contributed by atoms with E-state index < -0.39 is 0 Å². The molecule has 0 aliphatic rings. The van der Waals surface area contributed by atoms with Gasteiger partial charge in [-0.1, -0.05) is 36.4 Å². The highest BCUT2D eigenvalue weighted by molar-refractivity contribution is 5.95. The molecule has 0 fully saturated rings. The van der Waals surface area contributed by atoms with Crippen molar-refractivity contribution in [1.29, 1.82) is 0 Å². The van der Waals surface area contributed by atoms with Gasteiger partial charge in [0.2, 0.25) is 0 Å².